The fourth-order valence-electron chi connectivity index (χ4n) is 3.22. The molecule has 0 unspecified atom stereocenters. The molecule has 0 spiro atoms. The second-order valence-electron chi connectivity index (χ2n) is 6.89. The quantitative estimate of drug-likeness (QED) is 0.537. The van der Waals surface area contributed by atoms with Crippen molar-refractivity contribution in [2.75, 3.05) is 26.7 Å². The molecule has 0 saturated carbocycles. The van der Waals surface area contributed by atoms with Crippen molar-refractivity contribution in [3.05, 3.63) is 71.8 Å². The lowest BCUT2D eigenvalue weighted by atomic mass is 10.1. The molecule has 30 heavy (non-hydrogen) atoms. The first-order valence-corrected chi connectivity index (χ1v) is 11.4. The first-order chi connectivity index (χ1) is 14.3. The lowest BCUT2D eigenvalue weighted by molar-refractivity contribution is 0.0762. The highest BCUT2D eigenvalue weighted by Gasteiger charge is 2.25. The van der Waals surface area contributed by atoms with Gasteiger partial charge in [-0.1, -0.05) is 38.1 Å². The topological polar surface area (TPSA) is 66.9 Å². The third-order valence-electron chi connectivity index (χ3n) is 4.93. The smallest absolute Gasteiger partial charge is 0.254 e. The molecule has 0 bridgehead atoms. The number of hydrogen-bond donors (Lipinski definition) is 0. The number of carbonyl (C=O) groups excluding carboxylic acids is 1. The molecule has 0 aliphatic heterocycles. The highest BCUT2D eigenvalue weighted by atomic mass is 32.2. The van der Waals surface area contributed by atoms with E-state index in [1.807, 2.05) is 24.3 Å². The Morgan fingerprint density at radius 2 is 1.73 bits per heavy atom. The van der Waals surface area contributed by atoms with Crippen molar-refractivity contribution in [2.24, 2.45) is 0 Å². The molecule has 0 N–H and O–H groups in total. The molecule has 2 aromatic rings. The van der Waals surface area contributed by atoms with E-state index in [1.54, 1.807) is 51.0 Å². The van der Waals surface area contributed by atoms with Gasteiger partial charge in [0.1, 0.15) is 5.75 Å². The van der Waals surface area contributed by atoms with Gasteiger partial charge < -0.3 is 9.64 Å². The first-order valence-electron chi connectivity index (χ1n) is 9.92. The molecule has 0 saturated heterocycles. The summed E-state index contributed by atoms with van der Waals surface area (Å²) in [4.78, 5) is 15.0. The van der Waals surface area contributed by atoms with Crippen LogP contribution in [0.5, 0.6) is 5.75 Å². The number of amides is 1. The Morgan fingerprint density at radius 1 is 1.10 bits per heavy atom. The van der Waals surface area contributed by atoms with Crippen LogP contribution in [0.15, 0.2) is 60.0 Å². The predicted molar refractivity (Wildman–Crippen MR) is 119 cm³/mol. The molecule has 1 amide bonds. The Kier molecular flexibility index (Phi) is 8.20. The molecule has 162 valence electrons. The zero-order chi connectivity index (χ0) is 22.3. The second-order valence-corrected chi connectivity index (χ2v) is 8.80. The number of rotatable bonds is 10. The van der Waals surface area contributed by atoms with Gasteiger partial charge in [-0.2, -0.15) is 4.31 Å². The van der Waals surface area contributed by atoms with E-state index in [0.29, 0.717) is 37.3 Å². The fourth-order valence-corrected chi connectivity index (χ4v) is 4.93. The van der Waals surface area contributed by atoms with Crippen molar-refractivity contribution >= 4 is 15.9 Å². The van der Waals surface area contributed by atoms with E-state index >= 15 is 0 Å². The lowest BCUT2D eigenvalue weighted by Gasteiger charge is -2.23. The van der Waals surface area contributed by atoms with E-state index in [9.17, 15) is 13.2 Å². The van der Waals surface area contributed by atoms with E-state index in [-0.39, 0.29) is 10.8 Å². The van der Waals surface area contributed by atoms with Crippen molar-refractivity contribution in [1.82, 2.24) is 9.21 Å². The molecule has 0 aliphatic carbocycles. The zero-order valence-electron chi connectivity index (χ0n) is 18.1. The number of sulfonamides is 1. The van der Waals surface area contributed by atoms with Crippen LogP contribution in [-0.4, -0.2) is 50.3 Å². The summed E-state index contributed by atoms with van der Waals surface area (Å²) in [7, 11) is -2.06. The minimum atomic E-state index is -3.66. The lowest BCUT2D eigenvalue weighted by Crippen LogP contribution is -2.32. The van der Waals surface area contributed by atoms with Gasteiger partial charge in [-0.3, -0.25) is 4.79 Å². The van der Waals surface area contributed by atoms with Crippen LogP contribution < -0.4 is 4.74 Å². The number of ether oxygens (including phenoxy) is 1. The summed E-state index contributed by atoms with van der Waals surface area (Å²) in [6.07, 6.45) is 1.66. The van der Waals surface area contributed by atoms with Gasteiger partial charge in [0.15, 0.2) is 0 Å². The second kappa shape index (κ2) is 10.4. The number of benzene rings is 2. The minimum absolute atomic E-state index is 0.167. The average molecular weight is 431 g/mol. The zero-order valence-corrected chi connectivity index (χ0v) is 18.9. The van der Waals surface area contributed by atoms with E-state index in [1.165, 1.54) is 10.4 Å². The summed E-state index contributed by atoms with van der Waals surface area (Å²) in [6, 6.07) is 12.3. The van der Waals surface area contributed by atoms with Crippen LogP contribution in [0.25, 0.3) is 0 Å². The van der Waals surface area contributed by atoms with Crippen molar-refractivity contribution < 1.29 is 17.9 Å². The SMILES string of the molecule is C=CCN(Cc1ccc(OC)cc1)C(=O)c1ccc(C)c(S(=O)(=O)N(CC)CC)c1. The molecule has 2 rings (SSSR count). The van der Waals surface area contributed by atoms with Gasteiger partial charge in [0.25, 0.3) is 5.91 Å². The molecule has 0 aliphatic rings. The van der Waals surface area contributed by atoms with Crippen LogP contribution in [0.3, 0.4) is 0 Å². The van der Waals surface area contributed by atoms with Crippen LogP contribution in [0.2, 0.25) is 0 Å². The van der Waals surface area contributed by atoms with Gasteiger partial charge >= 0.3 is 0 Å². The summed E-state index contributed by atoms with van der Waals surface area (Å²) in [5, 5.41) is 0. The molecule has 0 atom stereocenters. The Balaban J connectivity index is 2.37. The predicted octanol–water partition coefficient (Wildman–Crippen LogP) is 3.86. The largest absolute Gasteiger partial charge is 0.497 e. The summed E-state index contributed by atoms with van der Waals surface area (Å²) in [5.74, 6) is 0.492. The summed E-state index contributed by atoms with van der Waals surface area (Å²) in [5.41, 5.74) is 1.89. The highest BCUT2D eigenvalue weighted by Crippen LogP contribution is 2.23. The van der Waals surface area contributed by atoms with Crippen molar-refractivity contribution in [2.45, 2.75) is 32.2 Å². The van der Waals surface area contributed by atoms with Crippen LogP contribution in [0.1, 0.15) is 35.3 Å². The highest BCUT2D eigenvalue weighted by molar-refractivity contribution is 7.89. The number of aryl methyl sites for hydroxylation is 1. The Morgan fingerprint density at radius 3 is 2.27 bits per heavy atom. The van der Waals surface area contributed by atoms with Crippen molar-refractivity contribution in [1.29, 1.82) is 0 Å². The third kappa shape index (κ3) is 5.29. The van der Waals surface area contributed by atoms with Crippen LogP contribution in [0.4, 0.5) is 0 Å². The number of hydrogen-bond acceptors (Lipinski definition) is 4. The standard InChI is InChI=1S/C23H30N2O4S/c1-6-15-24(17-19-10-13-21(29-5)14-11-19)23(26)20-12-9-18(4)22(16-20)30(27,28)25(7-2)8-3/h6,9-14,16H,1,7-8,15,17H2,2-5H3. The van der Waals surface area contributed by atoms with Crippen LogP contribution in [0, 0.1) is 6.92 Å². The van der Waals surface area contributed by atoms with Gasteiger partial charge in [-0.15, -0.1) is 6.58 Å². The molecule has 2 aromatic carbocycles. The van der Waals surface area contributed by atoms with Gasteiger partial charge in [-0.25, -0.2) is 8.42 Å². The normalized spacial score (nSPS) is 11.4. The maximum absolute atomic E-state index is 13.2. The maximum Gasteiger partial charge on any atom is 0.254 e. The van der Waals surface area contributed by atoms with Crippen molar-refractivity contribution in [3.63, 3.8) is 0 Å². The first kappa shape index (κ1) is 23.6. The van der Waals surface area contributed by atoms with Gasteiger partial charge in [0.05, 0.1) is 12.0 Å². The molecular weight excluding hydrogens is 400 g/mol. The summed E-state index contributed by atoms with van der Waals surface area (Å²) < 4.78 is 32.6. The Bertz CT molecular complexity index is 981. The van der Waals surface area contributed by atoms with Gasteiger partial charge in [0, 0.05) is 31.7 Å². The number of carbonyl (C=O) groups is 1. The monoisotopic (exact) mass is 430 g/mol. The molecule has 0 aromatic heterocycles. The molecular formula is C23H30N2O4S. The van der Waals surface area contributed by atoms with E-state index in [4.69, 9.17) is 4.74 Å². The third-order valence-corrected chi connectivity index (χ3v) is 7.12. The minimum Gasteiger partial charge on any atom is -0.497 e. The van der Waals surface area contributed by atoms with Crippen LogP contribution >= 0.6 is 0 Å². The number of methoxy groups -OCH3 is 1. The summed E-state index contributed by atoms with van der Waals surface area (Å²) in [6.45, 7) is 10.5. The van der Waals surface area contributed by atoms with Gasteiger partial charge in [0.2, 0.25) is 10.0 Å². The van der Waals surface area contributed by atoms with Crippen molar-refractivity contribution in [3.8, 4) is 5.75 Å². The average Bonchev–Trinajstić information content (AvgIpc) is 2.74. The Labute approximate surface area is 179 Å². The fraction of sp³-hybridized carbons (Fsp3) is 0.348. The van der Waals surface area contributed by atoms with E-state index in [2.05, 4.69) is 6.58 Å². The number of nitrogens with zero attached hydrogens (tertiary/aromatic N) is 2. The molecule has 0 heterocycles. The molecule has 0 fully saturated rings. The molecule has 0 radical (unpaired) electrons. The molecule has 7 heteroatoms. The van der Waals surface area contributed by atoms with E-state index in [0.717, 1.165) is 11.3 Å². The van der Waals surface area contributed by atoms with Gasteiger partial charge in [-0.05, 0) is 42.3 Å². The van der Waals surface area contributed by atoms with E-state index < -0.39 is 10.0 Å². The Hall–Kier alpha value is -2.64. The maximum atomic E-state index is 13.2. The van der Waals surface area contributed by atoms with Crippen LogP contribution in [-0.2, 0) is 16.6 Å². The summed E-state index contributed by atoms with van der Waals surface area (Å²) >= 11 is 0. The molecule has 6 nitrogen and oxygen atoms in total.